The van der Waals surface area contributed by atoms with Crippen LogP contribution in [-0.2, 0) is 16.1 Å². The Morgan fingerprint density at radius 1 is 1.30 bits per heavy atom. The molecular formula is C21H25NO5. The molecule has 3 rings (SSSR count). The van der Waals surface area contributed by atoms with E-state index in [9.17, 15) is 4.79 Å². The van der Waals surface area contributed by atoms with Crippen LogP contribution in [0.5, 0.6) is 11.5 Å². The first-order valence-electron chi connectivity index (χ1n) is 9.07. The van der Waals surface area contributed by atoms with Crippen molar-refractivity contribution < 1.29 is 23.4 Å². The number of nitrogens with one attached hydrogen (secondary N) is 1. The molecule has 144 valence electrons. The van der Waals surface area contributed by atoms with Crippen LogP contribution in [0.4, 0.5) is 0 Å². The van der Waals surface area contributed by atoms with Crippen molar-refractivity contribution in [2.24, 2.45) is 0 Å². The molecule has 6 heteroatoms. The van der Waals surface area contributed by atoms with Gasteiger partial charge in [0.15, 0.2) is 11.5 Å². The number of furan rings is 1. The maximum absolute atomic E-state index is 12.0. The Labute approximate surface area is 159 Å². The van der Waals surface area contributed by atoms with Crippen molar-refractivity contribution in [1.82, 2.24) is 5.32 Å². The molecule has 0 spiro atoms. The Kier molecular flexibility index (Phi) is 6.54. The van der Waals surface area contributed by atoms with Gasteiger partial charge in [0.25, 0.3) is 0 Å². The lowest BCUT2D eigenvalue weighted by molar-refractivity contribution is -0.116. The molecule has 1 aliphatic rings. The summed E-state index contributed by atoms with van der Waals surface area (Å²) in [6, 6.07) is 9.31. The highest BCUT2D eigenvalue weighted by molar-refractivity contribution is 5.91. The first-order chi connectivity index (χ1) is 13.1. The van der Waals surface area contributed by atoms with Crippen molar-refractivity contribution in [3.8, 4) is 11.5 Å². The fraction of sp³-hybridized carbons (Fsp3) is 0.381. The predicted octanol–water partition coefficient (Wildman–Crippen LogP) is 3.48. The molecule has 1 amide bonds. The molecule has 0 aliphatic carbocycles. The van der Waals surface area contributed by atoms with E-state index in [0.29, 0.717) is 30.4 Å². The molecule has 2 heterocycles. The van der Waals surface area contributed by atoms with Gasteiger partial charge in [0.1, 0.15) is 18.1 Å². The van der Waals surface area contributed by atoms with Crippen LogP contribution in [0.25, 0.3) is 6.08 Å². The van der Waals surface area contributed by atoms with E-state index in [-0.39, 0.29) is 12.0 Å². The number of hydrogen-bond donors (Lipinski definition) is 1. The summed E-state index contributed by atoms with van der Waals surface area (Å²) in [5.41, 5.74) is 0.923. The number of hydrogen-bond acceptors (Lipinski definition) is 5. The van der Waals surface area contributed by atoms with Crippen LogP contribution >= 0.6 is 0 Å². The zero-order chi connectivity index (χ0) is 19.1. The number of carbonyl (C=O) groups is 1. The van der Waals surface area contributed by atoms with Gasteiger partial charge in [-0.05, 0) is 55.7 Å². The molecule has 0 saturated carbocycles. The first kappa shape index (κ1) is 19.0. The van der Waals surface area contributed by atoms with Gasteiger partial charge in [0.05, 0.1) is 13.2 Å². The van der Waals surface area contributed by atoms with E-state index in [0.717, 1.165) is 30.8 Å². The second-order valence-electron chi connectivity index (χ2n) is 6.43. The summed E-state index contributed by atoms with van der Waals surface area (Å²) in [4.78, 5) is 12.0. The van der Waals surface area contributed by atoms with Crippen LogP contribution in [0.3, 0.4) is 0 Å². The summed E-state index contributed by atoms with van der Waals surface area (Å²) in [7, 11) is 1.60. The maximum atomic E-state index is 12.0. The van der Waals surface area contributed by atoms with Crippen LogP contribution in [0.1, 0.15) is 29.9 Å². The molecule has 1 atom stereocenters. The standard InChI is InChI=1S/C21H25NO5/c1-15-5-7-17(27-15)8-10-21(23)22-13-16-6-9-19(20(12-16)24-2)26-14-18-4-3-11-25-18/h5-10,12,18H,3-4,11,13-14H2,1-2H3,(H,22,23)/b10-8+. The summed E-state index contributed by atoms with van der Waals surface area (Å²) in [5, 5.41) is 2.84. The minimum atomic E-state index is -0.193. The van der Waals surface area contributed by atoms with E-state index >= 15 is 0 Å². The average Bonchev–Trinajstić information content (AvgIpc) is 3.34. The van der Waals surface area contributed by atoms with Gasteiger partial charge in [-0.2, -0.15) is 0 Å². The normalized spacial score (nSPS) is 16.6. The first-order valence-corrected chi connectivity index (χ1v) is 9.07. The van der Waals surface area contributed by atoms with E-state index in [2.05, 4.69) is 5.32 Å². The molecule has 1 aromatic carbocycles. The van der Waals surface area contributed by atoms with Gasteiger partial charge in [0, 0.05) is 19.2 Å². The third kappa shape index (κ3) is 5.62. The SMILES string of the molecule is COc1cc(CNC(=O)/C=C/c2ccc(C)o2)ccc1OCC1CCCO1. The number of methoxy groups -OCH3 is 1. The quantitative estimate of drug-likeness (QED) is 0.720. The fourth-order valence-electron chi connectivity index (χ4n) is 2.85. The minimum Gasteiger partial charge on any atom is -0.493 e. The van der Waals surface area contributed by atoms with Crippen LogP contribution in [0.15, 0.2) is 40.8 Å². The zero-order valence-electron chi connectivity index (χ0n) is 15.7. The molecule has 0 bridgehead atoms. The van der Waals surface area contributed by atoms with Gasteiger partial charge in [-0.15, -0.1) is 0 Å². The lowest BCUT2D eigenvalue weighted by Crippen LogP contribution is -2.20. The van der Waals surface area contributed by atoms with Crippen LogP contribution in [0.2, 0.25) is 0 Å². The minimum absolute atomic E-state index is 0.151. The van der Waals surface area contributed by atoms with Crippen molar-refractivity contribution in [2.45, 2.75) is 32.4 Å². The summed E-state index contributed by atoms with van der Waals surface area (Å²) in [6.07, 6.45) is 5.35. The third-order valence-corrected chi connectivity index (χ3v) is 4.30. The summed E-state index contributed by atoms with van der Waals surface area (Å²) < 4.78 is 22.2. The van der Waals surface area contributed by atoms with E-state index in [1.54, 1.807) is 13.2 Å². The second-order valence-corrected chi connectivity index (χ2v) is 6.43. The highest BCUT2D eigenvalue weighted by Crippen LogP contribution is 2.29. The molecule has 1 aliphatic heterocycles. The van der Waals surface area contributed by atoms with E-state index in [1.807, 2.05) is 37.3 Å². The molecule has 2 aromatic rings. The number of benzene rings is 1. The number of rotatable bonds is 8. The summed E-state index contributed by atoms with van der Waals surface area (Å²) >= 11 is 0. The molecule has 1 aromatic heterocycles. The molecular weight excluding hydrogens is 346 g/mol. The molecule has 1 N–H and O–H groups in total. The summed E-state index contributed by atoms with van der Waals surface area (Å²) in [6.45, 7) is 3.57. The Hall–Kier alpha value is -2.73. The lowest BCUT2D eigenvalue weighted by atomic mass is 10.2. The second kappa shape index (κ2) is 9.28. The topological polar surface area (TPSA) is 69.9 Å². The lowest BCUT2D eigenvalue weighted by Gasteiger charge is -2.15. The molecule has 1 fully saturated rings. The Morgan fingerprint density at radius 3 is 2.89 bits per heavy atom. The van der Waals surface area contributed by atoms with Crippen LogP contribution in [-0.4, -0.2) is 32.3 Å². The van der Waals surface area contributed by atoms with E-state index in [4.69, 9.17) is 18.6 Å². The molecule has 1 saturated heterocycles. The molecule has 1 unspecified atom stereocenters. The number of carbonyl (C=O) groups excluding carboxylic acids is 1. The Bertz CT molecular complexity index is 790. The average molecular weight is 371 g/mol. The van der Waals surface area contributed by atoms with Crippen LogP contribution < -0.4 is 14.8 Å². The molecule has 6 nitrogen and oxygen atoms in total. The Balaban J connectivity index is 1.51. The van der Waals surface area contributed by atoms with Crippen molar-refractivity contribution in [3.63, 3.8) is 0 Å². The molecule has 0 radical (unpaired) electrons. The van der Waals surface area contributed by atoms with Gasteiger partial charge < -0.3 is 23.9 Å². The van der Waals surface area contributed by atoms with Crippen molar-refractivity contribution in [2.75, 3.05) is 20.3 Å². The predicted molar refractivity (Wildman–Crippen MR) is 102 cm³/mol. The number of aryl methyl sites for hydroxylation is 1. The van der Waals surface area contributed by atoms with Gasteiger partial charge >= 0.3 is 0 Å². The third-order valence-electron chi connectivity index (χ3n) is 4.30. The Morgan fingerprint density at radius 2 is 2.19 bits per heavy atom. The van der Waals surface area contributed by atoms with Crippen molar-refractivity contribution in [1.29, 1.82) is 0 Å². The number of ether oxygens (including phenoxy) is 3. The zero-order valence-corrected chi connectivity index (χ0v) is 15.7. The van der Waals surface area contributed by atoms with Gasteiger partial charge in [-0.1, -0.05) is 6.07 Å². The highest BCUT2D eigenvalue weighted by Gasteiger charge is 2.17. The summed E-state index contributed by atoms with van der Waals surface area (Å²) in [5.74, 6) is 2.58. The molecule has 27 heavy (non-hydrogen) atoms. The highest BCUT2D eigenvalue weighted by atomic mass is 16.5. The largest absolute Gasteiger partial charge is 0.493 e. The van der Waals surface area contributed by atoms with Gasteiger partial charge in [-0.25, -0.2) is 0 Å². The smallest absolute Gasteiger partial charge is 0.244 e. The fourth-order valence-corrected chi connectivity index (χ4v) is 2.85. The van der Waals surface area contributed by atoms with Gasteiger partial charge in [0.2, 0.25) is 5.91 Å². The monoisotopic (exact) mass is 371 g/mol. The number of amides is 1. The van der Waals surface area contributed by atoms with Gasteiger partial charge in [-0.3, -0.25) is 4.79 Å². The van der Waals surface area contributed by atoms with Crippen molar-refractivity contribution >= 4 is 12.0 Å². The van der Waals surface area contributed by atoms with E-state index in [1.165, 1.54) is 6.08 Å². The van der Waals surface area contributed by atoms with Crippen molar-refractivity contribution in [3.05, 3.63) is 53.5 Å². The van der Waals surface area contributed by atoms with E-state index < -0.39 is 0 Å². The van der Waals surface area contributed by atoms with Crippen LogP contribution in [0, 0.1) is 6.92 Å². The maximum Gasteiger partial charge on any atom is 0.244 e.